The van der Waals surface area contributed by atoms with Crippen molar-refractivity contribution in [3.63, 3.8) is 0 Å². The molecule has 0 spiro atoms. The maximum absolute atomic E-state index is 5.62. The normalized spacial score (nSPS) is 10.2. The van der Waals surface area contributed by atoms with Crippen molar-refractivity contribution in [2.75, 3.05) is 5.73 Å². The summed E-state index contributed by atoms with van der Waals surface area (Å²) in [5.41, 5.74) is 8.01. The molecule has 2 N–H and O–H groups in total. The van der Waals surface area contributed by atoms with Crippen molar-refractivity contribution in [1.29, 1.82) is 0 Å². The van der Waals surface area contributed by atoms with Crippen LogP contribution in [-0.2, 0) is 11.5 Å². The summed E-state index contributed by atoms with van der Waals surface area (Å²) in [6.45, 7) is 0. The molecule has 1 heterocycles. The Kier molecular flexibility index (Phi) is 3.83. The van der Waals surface area contributed by atoms with Crippen LogP contribution in [0.3, 0.4) is 0 Å². The zero-order valence-corrected chi connectivity index (χ0v) is 9.78. The topological polar surface area (TPSA) is 38.9 Å². The zero-order valence-electron chi connectivity index (χ0n) is 8.97. The molecule has 2 rings (SSSR count). The van der Waals surface area contributed by atoms with Gasteiger partial charge in [-0.05, 0) is 17.7 Å². The third-order valence-corrected chi connectivity index (χ3v) is 3.23. The van der Waals surface area contributed by atoms with Gasteiger partial charge in [-0.2, -0.15) is 11.8 Å². The standard InChI is InChI=1S/C13H14N2S/c14-13-8-4-7-12(15-13)10-16-9-11-5-2-1-3-6-11/h1-8H,9-10H2,(H2,14,15). The van der Waals surface area contributed by atoms with Gasteiger partial charge in [-0.3, -0.25) is 0 Å². The third kappa shape index (κ3) is 3.28. The average molecular weight is 230 g/mol. The number of nitrogens with zero attached hydrogens (tertiary/aromatic N) is 1. The lowest BCUT2D eigenvalue weighted by Crippen LogP contribution is -1.93. The molecule has 0 radical (unpaired) electrons. The number of hydrogen-bond acceptors (Lipinski definition) is 3. The van der Waals surface area contributed by atoms with Crippen molar-refractivity contribution in [2.24, 2.45) is 0 Å². The first kappa shape index (κ1) is 11.0. The van der Waals surface area contributed by atoms with E-state index in [0.29, 0.717) is 5.82 Å². The van der Waals surface area contributed by atoms with Gasteiger partial charge in [0.1, 0.15) is 5.82 Å². The van der Waals surface area contributed by atoms with Gasteiger partial charge >= 0.3 is 0 Å². The number of aromatic nitrogens is 1. The lowest BCUT2D eigenvalue weighted by molar-refractivity contribution is 1.18. The Morgan fingerprint density at radius 1 is 0.938 bits per heavy atom. The van der Waals surface area contributed by atoms with Gasteiger partial charge < -0.3 is 5.73 Å². The summed E-state index contributed by atoms with van der Waals surface area (Å²) < 4.78 is 0. The van der Waals surface area contributed by atoms with E-state index in [4.69, 9.17) is 5.73 Å². The molecule has 1 aromatic heterocycles. The molecule has 2 aromatic rings. The van der Waals surface area contributed by atoms with E-state index in [-0.39, 0.29) is 0 Å². The summed E-state index contributed by atoms with van der Waals surface area (Å²) in [6.07, 6.45) is 0. The Labute approximate surface area is 99.9 Å². The van der Waals surface area contributed by atoms with Crippen molar-refractivity contribution >= 4 is 17.6 Å². The summed E-state index contributed by atoms with van der Waals surface area (Å²) >= 11 is 1.85. The number of anilines is 1. The van der Waals surface area contributed by atoms with Crippen molar-refractivity contribution in [3.8, 4) is 0 Å². The SMILES string of the molecule is Nc1cccc(CSCc2ccccc2)n1. The maximum atomic E-state index is 5.62. The summed E-state index contributed by atoms with van der Waals surface area (Å²) in [5.74, 6) is 2.51. The highest BCUT2D eigenvalue weighted by Gasteiger charge is 1.96. The minimum Gasteiger partial charge on any atom is -0.384 e. The molecular formula is C13H14N2S. The van der Waals surface area contributed by atoms with E-state index in [2.05, 4.69) is 29.2 Å². The Morgan fingerprint density at radius 2 is 1.75 bits per heavy atom. The monoisotopic (exact) mass is 230 g/mol. The fourth-order valence-electron chi connectivity index (χ4n) is 1.43. The number of thioether (sulfide) groups is 1. The first-order valence-electron chi connectivity index (χ1n) is 5.18. The maximum Gasteiger partial charge on any atom is 0.123 e. The lowest BCUT2D eigenvalue weighted by Gasteiger charge is -2.02. The molecule has 0 atom stereocenters. The van der Waals surface area contributed by atoms with E-state index in [1.54, 1.807) is 0 Å². The van der Waals surface area contributed by atoms with Gasteiger partial charge in [0.2, 0.25) is 0 Å². The van der Waals surface area contributed by atoms with Crippen LogP contribution in [-0.4, -0.2) is 4.98 Å². The molecule has 0 aliphatic carbocycles. The van der Waals surface area contributed by atoms with Crippen LogP contribution in [0.15, 0.2) is 48.5 Å². The average Bonchev–Trinajstić information content (AvgIpc) is 2.30. The lowest BCUT2D eigenvalue weighted by atomic mass is 10.2. The van der Waals surface area contributed by atoms with E-state index in [1.165, 1.54) is 5.56 Å². The van der Waals surface area contributed by atoms with Gasteiger partial charge in [0.25, 0.3) is 0 Å². The van der Waals surface area contributed by atoms with E-state index >= 15 is 0 Å². The quantitative estimate of drug-likeness (QED) is 0.877. The second kappa shape index (κ2) is 5.56. The molecule has 0 fully saturated rings. The Morgan fingerprint density at radius 3 is 2.50 bits per heavy atom. The van der Waals surface area contributed by atoms with Crippen LogP contribution in [0, 0.1) is 0 Å². The minimum atomic E-state index is 0.595. The van der Waals surface area contributed by atoms with Crippen molar-refractivity contribution in [1.82, 2.24) is 4.98 Å². The second-order valence-corrected chi connectivity index (χ2v) is 4.52. The molecule has 0 aliphatic heterocycles. The fourth-order valence-corrected chi connectivity index (χ4v) is 2.33. The smallest absolute Gasteiger partial charge is 0.123 e. The summed E-state index contributed by atoms with van der Waals surface area (Å²) in [7, 11) is 0. The molecule has 0 unspecified atom stereocenters. The van der Waals surface area contributed by atoms with E-state index in [0.717, 1.165) is 17.2 Å². The first-order chi connectivity index (χ1) is 7.84. The first-order valence-corrected chi connectivity index (χ1v) is 6.33. The van der Waals surface area contributed by atoms with Crippen LogP contribution >= 0.6 is 11.8 Å². The largest absolute Gasteiger partial charge is 0.384 e. The predicted octanol–water partition coefficient (Wildman–Crippen LogP) is 3.10. The van der Waals surface area contributed by atoms with E-state index < -0.39 is 0 Å². The number of hydrogen-bond donors (Lipinski definition) is 1. The molecule has 0 aliphatic rings. The molecule has 0 amide bonds. The van der Waals surface area contributed by atoms with Crippen LogP contribution in [0.4, 0.5) is 5.82 Å². The second-order valence-electron chi connectivity index (χ2n) is 3.53. The summed E-state index contributed by atoms with van der Waals surface area (Å²) in [6, 6.07) is 16.2. The highest BCUT2D eigenvalue weighted by atomic mass is 32.2. The third-order valence-electron chi connectivity index (χ3n) is 2.19. The van der Waals surface area contributed by atoms with Gasteiger partial charge in [-0.1, -0.05) is 36.4 Å². The number of pyridine rings is 1. The number of nitrogen functional groups attached to an aromatic ring is 1. The fraction of sp³-hybridized carbons (Fsp3) is 0.154. The Balaban J connectivity index is 1.85. The molecule has 3 heteroatoms. The Bertz CT molecular complexity index is 443. The number of rotatable bonds is 4. The zero-order chi connectivity index (χ0) is 11.2. The highest BCUT2D eigenvalue weighted by molar-refractivity contribution is 7.97. The number of benzene rings is 1. The van der Waals surface area contributed by atoms with Gasteiger partial charge in [0, 0.05) is 11.5 Å². The molecule has 2 nitrogen and oxygen atoms in total. The molecule has 1 aromatic carbocycles. The van der Waals surface area contributed by atoms with Gasteiger partial charge in [0.15, 0.2) is 0 Å². The van der Waals surface area contributed by atoms with Gasteiger partial charge in [-0.25, -0.2) is 4.98 Å². The van der Waals surface area contributed by atoms with Crippen LogP contribution in [0.5, 0.6) is 0 Å². The molecular weight excluding hydrogens is 216 g/mol. The van der Waals surface area contributed by atoms with Gasteiger partial charge in [-0.15, -0.1) is 0 Å². The molecule has 0 saturated carbocycles. The molecule has 0 bridgehead atoms. The van der Waals surface area contributed by atoms with Gasteiger partial charge in [0.05, 0.1) is 5.69 Å². The van der Waals surface area contributed by atoms with Crippen LogP contribution in [0.1, 0.15) is 11.3 Å². The predicted molar refractivity (Wildman–Crippen MR) is 70.1 cm³/mol. The number of nitrogens with two attached hydrogens (primary N) is 1. The minimum absolute atomic E-state index is 0.595. The summed E-state index contributed by atoms with van der Waals surface area (Å²) in [5, 5.41) is 0. The molecule has 0 saturated heterocycles. The van der Waals surface area contributed by atoms with Crippen molar-refractivity contribution in [3.05, 3.63) is 59.8 Å². The van der Waals surface area contributed by atoms with Crippen LogP contribution in [0.25, 0.3) is 0 Å². The Hall–Kier alpha value is -1.48. The van der Waals surface area contributed by atoms with Crippen LogP contribution in [0.2, 0.25) is 0 Å². The van der Waals surface area contributed by atoms with Crippen LogP contribution < -0.4 is 5.73 Å². The highest BCUT2D eigenvalue weighted by Crippen LogP contribution is 2.16. The molecule has 16 heavy (non-hydrogen) atoms. The van der Waals surface area contributed by atoms with E-state index in [1.807, 2.05) is 36.0 Å². The van der Waals surface area contributed by atoms with Crippen molar-refractivity contribution in [2.45, 2.75) is 11.5 Å². The molecule has 82 valence electrons. The van der Waals surface area contributed by atoms with Crippen molar-refractivity contribution < 1.29 is 0 Å². The summed E-state index contributed by atoms with van der Waals surface area (Å²) in [4.78, 5) is 4.26. The van der Waals surface area contributed by atoms with E-state index in [9.17, 15) is 0 Å².